The maximum absolute atomic E-state index is 13.2. The van der Waals surface area contributed by atoms with Crippen molar-refractivity contribution in [2.45, 2.75) is 11.3 Å². The predicted octanol–water partition coefficient (Wildman–Crippen LogP) is 7.70. The summed E-state index contributed by atoms with van der Waals surface area (Å²) in [6.07, 6.45) is 1.39. The minimum absolute atomic E-state index is 0.266. The molecule has 168 valence electrons. The Labute approximate surface area is 203 Å². The summed E-state index contributed by atoms with van der Waals surface area (Å²) in [6.45, 7) is 0. The quantitative estimate of drug-likeness (QED) is 0.220. The maximum Gasteiger partial charge on any atom is 0.137 e. The lowest BCUT2D eigenvalue weighted by Crippen LogP contribution is -1.93. The van der Waals surface area contributed by atoms with Crippen LogP contribution in [0.25, 0.3) is 11.1 Å². The lowest BCUT2D eigenvalue weighted by atomic mass is 10.0. The standard InChI is InChI=1S/C19H15ClFNO.C8H8OS/c1-22-16-9-10-18(13-5-7-15(21)8-6-13)19(12-16)23-17-4-2-3-14(20)11-17;9-6-5-7-1-3-8(10)4-2-7/h2-12,22H,1H3;1-4,6,10H,5H2. The molecule has 0 fully saturated rings. The highest BCUT2D eigenvalue weighted by Gasteiger charge is 2.09. The summed E-state index contributed by atoms with van der Waals surface area (Å²) in [5.41, 5.74) is 3.72. The lowest BCUT2D eigenvalue weighted by molar-refractivity contribution is -0.107. The van der Waals surface area contributed by atoms with Crippen LogP contribution in [-0.2, 0) is 11.2 Å². The van der Waals surface area contributed by atoms with Crippen LogP contribution in [0.15, 0.2) is 95.9 Å². The molecule has 0 bridgehead atoms. The average Bonchev–Trinajstić information content (AvgIpc) is 2.82. The number of anilines is 1. The molecule has 0 radical (unpaired) electrons. The van der Waals surface area contributed by atoms with E-state index < -0.39 is 0 Å². The number of halogens is 2. The first kappa shape index (κ1) is 24.4. The fourth-order valence-electron chi connectivity index (χ4n) is 3.02. The first-order valence-corrected chi connectivity index (χ1v) is 11.0. The topological polar surface area (TPSA) is 38.3 Å². The molecular formula is C27H23ClFNO2S. The molecule has 0 unspecified atom stereocenters. The molecule has 0 aliphatic carbocycles. The molecule has 4 aromatic carbocycles. The molecule has 3 nitrogen and oxygen atoms in total. The summed E-state index contributed by atoms with van der Waals surface area (Å²) < 4.78 is 19.2. The second-order valence-electron chi connectivity index (χ2n) is 7.06. The number of aldehydes is 1. The molecule has 0 atom stereocenters. The van der Waals surface area contributed by atoms with Crippen molar-refractivity contribution in [3.63, 3.8) is 0 Å². The Kier molecular flexibility index (Phi) is 8.93. The van der Waals surface area contributed by atoms with Crippen molar-refractivity contribution in [2.24, 2.45) is 0 Å². The van der Waals surface area contributed by atoms with Crippen LogP contribution < -0.4 is 10.1 Å². The van der Waals surface area contributed by atoms with Gasteiger partial charge in [0.25, 0.3) is 0 Å². The average molecular weight is 480 g/mol. The van der Waals surface area contributed by atoms with Gasteiger partial charge in [-0.25, -0.2) is 4.39 Å². The minimum Gasteiger partial charge on any atom is -0.457 e. The van der Waals surface area contributed by atoms with Gasteiger partial charge in [0.15, 0.2) is 0 Å². The number of thiol groups is 1. The van der Waals surface area contributed by atoms with Gasteiger partial charge in [0.05, 0.1) is 0 Å². The van der Waals surface area contributed by atoms with Gasteiger partial charge in [-0.3, -0.25) is 0 Å². The summed E-state index contributed by atoms with van der Waals surface area (Å²) in [5, 5.41) is 3.69. The smallest absolute Gasteiger partial charge is 0.137 e. The van der Waals surface area contributed by atoms with E-state index in [1.165, 1.54) is 12.1 Å². The van der Waals surface area contributed by atoms with Gasteiger partial charge in [-0.15, -0.1) is 12.6 Å². The van der Waals surface area contributed by atoms with E-state index in [2.05, 4.69) is 17.9 Å². The van der Waals surface area contributed by atoms with Crippen molar-refractivity contribution >= 4 is 36.2 Å². The van der Waals surface area contributed by atoms with Gasteiger partial charge in [0.1, 0.15) is 23.6 Å². The molecule has 6 heteroatoms. The monoisotopic (exact) mass is 479 g/mol. The molecule has 4 aromatic rings. The second kappa shape index (κ2) is 12.1. The van der Waals surface area contributed by atoms with E-state index in [0.717, 1.165) is 33.6 Å². The first-order valence-electron chi connectivity index (χ1n) is 10.2. The van der Waals surface area contributed by atoms with Crippen LogP contribution in [0.4, 0.5) is 10.1 Å². The number of carbonyl (C=O) groups excluding carboxylic acids is 1. The Hall–Kier alpha value is -3.28. The Balaban J connectivity index is 0.000000257. The Morgan fingerprint density at radius 2 is 1.70 bits per heavy atom. The van der Waals surface area contributed by atoms with E-state index in [9.17, 15) is 9.18 Å². The Bertz CT molecular complexity index is 1200. The second-order valence-corrected chi connectivity index (χ2v) is 8.02. The molecule has 0 saturated carbocycles. The van der Waals surface area contributed by atoms with Crippen molar-refractivity contribution < 1.29 is 13.9 Å². The third-order valence-electron chi connectivity index (χ3n) is 4.70. The van der Waals surface area contributed by atoms with Crippen LogP contribution >= 0.6 is 24.2 Å². The van der Waals surface area contributed by atoms with Crippen LogP contribution in [0.1, 0.15) is 5.56 Å². The summed E-state index contributed by atoms with van der Waals surface area (Å²) in [4.78, 5) is 11.0. The van der Waals surface area contributed by atoms with Gasteiger partial charge in [-0.2, -0.15) is 0 Å². The highest BCUT2D eigenvalue weighted by atomic mass is 35.5. The van der Waals surface area contributed by atoms with Gasteiger partial charge in [-0.1, -0.05) is 41.9 Å². The third kappa shape index (κ3) is 7.38. The van der Waals surface area contributed by atoms with Gasteiger partial charge in [0.2, 0.25) is 0 Å². The number of carbonyl (C=O) groups is 1. The van der Waals surface area contributed by atoms with Crippen molar-refractivity contribution in [2.75, 3.05) is 12.4 Å². The van der Waals surface area contributed by atoms with Crippen molar-refractivity contribution in [3.8, 4) is 22.6 Å². The molecule has 4 rings (SSSR count). The lowest BCUT2D eigenvalue weighted by Gasteiger charge is -2.13. The number of hydrogen-bond donors (Lipinski definition) is 2. The van der Waals surface area contributed by atoms with Crippen LogP contribution in [0.2, 0.25) is 5.02 Å². The SMILES string of the molecule is CNc1ccc(-c2ccc(F)cc2)c(Oc2cccc(Cl)c2)c1.O=CCc1ccc(S)cc1. The summed E-state index contributed by atoms with van der Waals surface area (Å²) in [7, 11) is 1.84. The van der Waals surface area contributed by atoms with Crippen LogP contribution in [0.3, 0.4) is 0 Å². The summed E-state index contributed by atoms with van der Waals surface area (Å²) in [5.74, 6) is 1.05. The van der Waals surface area contributed by atoms with Gasteiger partial charge >= 0.3 is 0 Å². The minimum atomic E-state index is -0.266. The van der Waals surface area contributed by atoms with E-state index in [4.69, 9.17) is 16.3 Å². The van der Waals surface area contributed by atoms with Crippen LogP contribution in [-0.4, -0.2) is 13.3 Å². The molecule has 0 spiro atoms. The molecular weight excluding hydrogens is 457 g/mol. The third-order valence-corrected chi connectivity index (χ3v) is 5.24. The summed E-state index contributed by atoms with van der Waals surface area (Å²) >= 11 is 10.1. The molecule has 0 saturated heterocycles. The van der Waals surface area contributed by atoms with Crippen molar-refractivity contribution in [1.29, 1.82) is 0 Å². The molecule has 0 aromatic heterocycles. The van der Waals surface area contributed by atoms with Crippen molar-refractivity contribution in [3.05, 3.63) is 107 Å². The molecule has 0 amide bonds. The molecule has 1 N–H and O–H groups in total. The largest absolute Gasteiger partial charge is 0.457 e. The van der Waals surface area contributed by atoms with E-state index in [0.29, 0.717) is 22.9 Å². The molecule has 0 heterocycles. The van der Waals surface area contributed by atoms with Crippen molar-refractivity contribution in [1.82, 2.24) is 0 Å². The first-order chi connectivity index (χ1) is 16.0. The van der Waals surface area contributed by atoms with E-state index >= 15 is 0 Å². The van der Waals surface area contributed by atoms with Gasteiger partial charge in [0, 0.05) is 40.7 Å². The fraction of sp³-hybridized carbons (Fsp3) is 0.0741. The maximum atomic E-state index is 13.2. The molecule has 0 aliphatic rings. The predicted molar refractivity (Wildman–Crippen MR) is 136 cm³/mol. The highest BCUT2D eigenvalue weighted by Crippen LogP contribution is 2.36. The van der Waals surface area contributed by atoms with Gasteiger partial charge < -0.3 is 14.8 Å². The number of nitrogens with one attached hydrogen (secondary N) is 1. The molecule has 33 heavy (non-hydrogen) atoms. The zero-order valence-electron chi connectivity index (χ0n) is 18.0. The van der Waals surface area contributed by atoms with Crippen LogP contribution in [0, 0.1) is 5.82 Å². The zero-order chi connectivity index (χ0) is 23.6. The fourth-order valence-corrected chi connectivity index (χ4v) is 3.35. The van der Waals surface area contributed by atoms with E-state index in [1.54, 1.807) is 24.3 Å². The Morgan fingerprint density at radius 1 is 0.970 bits per heavy atom. The Morgan fingerprint density at radius 3 is 2.33 bits per heavy atom. The zero-order valence-corrected chi connectivity index (χ0v) is 19.6. The summed E-state index contributed by atoms with van der Waals surface area (Å²) in [6, 6.07) is 26.9. The number of ether oxygens (including phenoxy) is 1. The van der Waals surface area contributed by atoms with Crippen LogP contribution in [0.5, 0.6) is 11.5 Å². The van der Waals surface area contributed by atoms with Gasteiger partial charge in [-0.05, 0) is 65.7 Å². The van der Waals surface area contributed by atoms with E-state index in [-0.39, 0.29) is 5.82 Å². The number of benzene rings is 4. The number of rotatable bonds is 6. The molecule has 0 aliphatic heterocycles. The highest BCUT2D eigenvalue weighted by molar-refractivity contribution is 7.80. The normalized spacial score (nSPS) is 10.1. The van der Waals surface area contributed by atoms with E-state index in [1.807, 2.05) is 61.6 Å². The number of hydrogen-bond acceptors (Lipinski definition) is 4.